The van der Waals surface area contributed by atoms with Gasteiger partial charge in [-0.25, -0.2) is 4.39 Å². The maximum Gasteiger partial charge on any atom is 0.193 e. The second-order valence-electron chi connectivity index (χ2n) is 4.08. The van der Waals surface area contributed by atoms with Gasteiger partial charge in [-0.1, -0.05) is 12.1 Å². The summed E-state index contributed by atoms with van der Waals surface area (Å²) in [6.07, 6.45) is 0.793. The average molecular weight is 262 g/mol. The molecule has 92 valence electrons. The largest absolute Gasteiger partial charge is 0.374 e. The van der Waals surface area contributed by atoms with Gasteiger partial charge in [-0.15, -0.1) is 0 Å². The molecule has 1 aromatic heterocycles. The molecule has 6 heteroatoms. The zero-order valence-corrected chi connectivity index (χ0v) is 10.3. The minimum Gasteiger partial charge on any atom is -0.374 e. The van der Waals surface area contributed by atoms with Crippen molar-refractivity contribution in [3.05, 3.63) is 35.6 Å². The van der Waals surface area contributed by atoms with Gasteiger partial charge < -0.3 is 11.1 Å². The van der Waals surface area contributed by atoms with E-state index in [9.17, 15) is 4.39 Å². The van der Waals surface area contributed by atoms with Gasteiger partial charge in [-0.2, -0.15) is 9.78 Å². The first-order chi connectivity index (χ1) is 8.68. The van der Waals surface area contributed by atoms with E-state index in [-0.39, 0.29) is 10.9 Å². The average Bonchev–Trinajstić information content (AvgIpc) is 2.90. The molecule has 2 heterocycles. The van der Waals surface area contributed by atoms with Gasteiger partial charge in [0.05, 0.1) is 0 Å². The van der Waals surface area contributed by atoms with E-state index in [0.717, 1.165) is 24.3 Å². The molecule has 2 aromatic rings. The first kappa shape index (κ1) is 11.2. The number of thiocarbonyl (C=S) groups is 1. The quantitative estimate of drug-likeness (QED) is 0.769. The van der Waals surface area contributed by atoms with Crippen molar-refractivity contribution in [2.45, 2.75) is 6.42 Å². The summed E-state index contributed by atoms with van der Waals surface area (Å²) >= 11 is 4.94. The summed E-state index contributed by atoms with van der Waals surface area (Å²) in [4.78, 5) is 0. The van der Waals surface area contributed by atoms with E-state index in [1.807, 2.05) is 0 Å². The zero-order valence-electron chi connectivity index (χ0n) is 9.48. The summed E-state index contributed by atoms with van der Waals surface area (Å²) in [6, 6.07) is 6.57. The molecule has 0 fully saturated rings. The van der Waals surface area contributed by atoms with Gasteiger partial charge >= 0.3 is 0 Å². The molecule has 3 N–H and O–H groups in total. The lowest BCUT2D eigenvalue weighted by atomic mass is 10.1. The molecule has 0 bridgehead atoms. The Morgan fingerprint density at radius 2 is 2.22 bits per heavy atom. The minimum atomic E-state index is -0.292. The number of benzene rings is 1. The van der Waals surface area contributed by atoms with Crippen molar-refractivity contribution in [1.82, 2.24) is 9.78 Å². The van der Waals surface area contributed by atoms with Crippen LogP contribution in [-0.2, 0) is 6.42 Å². The Balaban J connectivity index is 2.23. The van der Waals surface area contributed by atoms with Crippen molar-refractivity contribution in [3.63, 3.8) is 0 Å². The fourth-order valence-corrected chi connectivity index (χ4v) is 2.34. The van der Waals surface area contributed by atoms with Gasteiger partial charge in [0.15, 0.2) is 5.11 Å². The molecular weight excluding hydrogens is 251 g/mol. The Labute approximate surface area is 109 Å². The van der Waals surface area contributed by atoms with E-state index in [1.54, 1.807) is 18.2 Å². The van der Waals surface area contributed by atoms with Crippen LogP contribution in [-0.4, -0.2) is 21.4 Å². The molecule has 0 amide bonds. The number of aromatic nitrogens is 2. The van der Waals surface area contributed by atoms with Crippen LogP contribution in [0.5, 0.6) is 0 Å². The van der Waals surface area contributed by atoms with E-state index in [1.165, 1.54) is 10.7 Å². The first-order valence-corrected chi connectivity index (χ1v) is 6.00. The highest BCUT2D eigenvalue weighted by Crippen LogP contribution is 2.33. The highest BCUT2D eigenvalue weighted by atomic mass is 32.1. The summed E-state index contributed by atoms with van der Waals surface area (Å²) < 4.78 is 15.3. The maximum absolute atomic E-state index is 13.8. The van der Waals surface area contributed by atoms with Crippen molar-refractivity contribution < 1.29 is 4.39 Å². The highest BCUT2D eigenvalue weighted by molar-refractivity contribution is 7.80. The molecule has 1 aliphatic rings. The molecule has 1 aliphatic heterocycles. The van der Waals surface area contributed by atoms with Gasteiger partial charge in [0.25, 0.3) is 0 Å². The zero-order chi connectivity index (χ0) is 12.7. The minimum absolute atomic E-state index is 0.156. The van der Waals surface area contributed by atoms with Gasteiger partial charge in [-0.05, 0) is 30.8 Å². The smallest absolute Gasteiger partial charge is 0.193 e. The lowest BCUT2D eigenvalue weighted by molar-refractivity contribution is 0.630. The summed E-state index contributed by atoms with van der Waals surface area (Å²) in [7, 11) is 0. The number of nitrogens with two attached hydrogens (primary N) is 1. The van der Waals surface area contributed by atoms with Gasteiger partial charge in [0, 0.05) is 17.7 Å². The van der Waals surface area contributed by atoms with Crippen LogP contribution in [0, 0.1) is 5.82 Å². The highest BCUT2D eigenvalue weighted by Gasteiger charge is 2.25. The van der Waals surface area contributed by atoms with Crippen molar-refractivity contribution in [3.8, 4) is 11.3 Å². The lowest BCUT2D eigenvalue weighted by Gasteiger charge is -2.02. The Kier molecular flexibility index (Phi) is 2.52. The lowest BCUT2D eigenvalue weighted by Crippen LogP contribution is -2.22. The number of rotatable bonds is 1. The van der Waals surface area contributed by atoms with Crippen LogP contribution in [0.3, 0.4) is 0 Å². The predicted octanol–water partition coefficient (Wildman–Crippen LogP) is 1.75. The fourth-order valence-electron chi connectivity index (χ4n) is 2.20. The monoisotopic (exact) mass is 262 g/mol. The number of halogens is 1. The number of nitrogens with one attached hydrogen (secondary N) is 1. The Morgan fingerprint density at radius 1 is 1.44 bits per heavy atom. The van der Waals surface area contributed by atoms with Crippen LogP contribution in [0.25, 0.3) is 11.3 Å². The third-order valence-electron chi connectivity index (χ3n) is 2.99. The third-order valence-corrected chi connectivity index (χ3v) is 3.16. The van der Waals surface area contributed by atoms with Crippen molar-refractivity contribution in [1.29, 1.82) is 0 Å². The van der Waals surface area contributed by atoms with Crippen molar-refractivity contribution >= 4 is 23.1 Å². The Hall–Kier alpha value is -1.95. The number of hydrogen-bond acceptors (Lipinski definition) is 3. The number of anilines is 1. The van der Waals surface area contributed by atoms with Crippen LogP contribution in [0.15, 0.2) is 24.3 Å². The molecule has 4 nitrogen and oxygen atoms in total. The molecule has 18 heavy (non-hydrogen) atoms. The van der Waals surface area contributed by atoms with Crippen LogP contribution >= 0.6 is 12.2 Å². The van der Waals surface area contributed by atoms with E-state index >= 15 is 0 Å². The molecule has 0 spiro atoms. The van der Waals surface area contributed by atoms with Crippen molar-refractivity contribution in [2.24, 2.45) is 5.73 Å². The molecule has 0 saturated carbocycles. The molecule has 0 aliphatic carbocycles. The SMILES string of the molecule is NC(=S)n1nc(-c2ccccc2F)c2c1NCC2. The van der Waals surface area contributed by atoms with Crippen LogP contribution in [0.1, 0.15) is 5.56 Å². The Morgan fingerprint density at radius 3 is 2.94 bits per heavy atom. The number of nitrogens with zero attached hydrogens (tertiary/aromatic N) is 2. The molecule has 0 unspecified atom stereocenters. The van der Waals surface area contributed by atoms with Gasteiger partial charge in [0.2, 0.25) is 0 Å². The molecule has 0 atom stereocenters. The van der Waals surface area contributed by atoms with E-state index < -0.39 is 0 Å². The normalized spacial score (nSPS) is 13.2. The predicted molar refractivity (Wildman–Crippen MR) is 72.0 cm³/mol. The maximum atomic E-state index is 13.8. The first-order valence-electron chi connectivity index (χ1n) is 5.59. The van der Waals surface area contributed by atoms with Crippen LogP contribution < -0.4 is 11.1 Å². The molecule has 1 aromatic carbocycles. The van der Waals surface area contributed by atoms with E-state index in [0.29, 0.717) is 11.3 Å². The summed E-state index contributed by atoms with van der Waals surface area (Å²) in [5.41, 5.74) is 7.67. The Bertz CT molecular complexity index is 635. The molecular formula is C12H11FN4S. The summed E-state index contributed by atoms with van der Waals surface area (Å²) in [5.74, 6) is 0.487. The topological polar surface area (TPSA) is 55.9 Å². The number of fused-ring (bicyclic) bond motifs is 1. The summed E-state index contributed by atoms with van der Waals surface area (Å²) in [6.45, 7) is 0.789. The van der Waals surface area contributed by atoms with Crippen LogP contribution in [0.4, 0.5) is 10.2 Å². The third kappa shape index (κ3) is 1.57. The second kappa shape index (κ2) is 4.06. The van der Waals surface area contributed by atoms with Gasteiger partial charge in [0.1, 0.15) is 17.3 Å². The van der Waals surface area contributed by atoms with Gasteiger partial charge in [-0.3, -0.25) is 0 Å². The van der Waals surface area contributed by atoms with E-state index in [2.05, 4.69) is 10.4 Å². The number of hydrogen-bond donors (Lipinski definition) is 2. The fraction of sp³-hybridized carbons (Fsp3) is 0.167. The molecule has 0 saturated heterocycles. The van der Waals surface area contributed by atoms with Crippen LogP contribution in [0.2, 0.25) is 0 Å². The van der Waals surface area contributed by atoms with Crippen molar-refractivity contribution in [2.75, 3.05) is 11.9 Å². The molecule has 3 rings (SSSR count). The second-order valence-corrected chi connectivity index (χ2v) is 4.50. The summed E-state index contributed by atoms with van der Waals surface area (Å²) in [5, 5.41) is 7.64. The molecule has 0 radical (unpaired) electrons. The van der Waals surface area contributed by atoms with E-state index in [4.69, 9.17) is 18.0 Å². The standard InChI is InChI=1S/C12H11FN4S/c13-9-4-2-1-3-7(9)10-8-5-6-15-11(8)17(16-10)12(14)18/h1-4,15H,5-6H2,(H2,14,18).